The van der Waals surface area contributed by atoms with Gasteiger partial charge < -0.3 is 17.2 Å². The molecule has 0 amide bonds. The molecule has 0 heterocycles. The van der Waals surface area contributed by atoms with Crippen LogP contribution in [0.4, 0.5) is 5.69 Å². The lowest BCUT2D eigenvalue weighted by Crippen LogP contribution is -2.21. The Hall–Kier alpha value is -0.290. The minimum Gasteiger partial charge on any atom is -0.398 e. The van der Waals surface area contributed by atoms with Crippen molar-refractivity contribution >= 4 is 33.2 Å². The molecule has 0 radical (unpaired) electrons. The maximum absolute atomic E-state index is 5.83. The molecule has 0 saturated carbocycles. The summed E-state index contributed by atoms with van der Waals surface area (Å²) in [6, 6.07) is 3.22. The van der Waals surface area contributed by atoms with E-state index >= 15 is 0 Å². The third-order valence-corrected chi connectivity index (χ3v) is 2.98. The van der Waals surface area contributed by atoms with Crippen molar-refractivity contribution in [2.75, 3.05) is 12.3 Å². The van der Waals surface area contributed by atoms with Gasteiger partial charge >= 0.3 is 0 Å². The number of benzene rings is 1. The van der Waals surface area contributed by atoms with E-state index in [9.17, 15) is 0 Å². The molecule has 0 saturated heterocycles. The molecule has 1 rings (SSSR count). The van der Waals surface area contributed by atoms with Gasteiger partial charge in [0.15, 0.2) is 0 Å². The number of nitrogens with two attached hydrogens (primary N) is 3. The van der Waals surface area contributed by atoms with Crippen molar-refractivity contribution in [2.24, 2.45) is 11.5 Å². The molecule has 0 aliphatic heterocycles. The predicted molar refractivity (Wildman–Crippen MR) is 59.5 cm³/mol. The first-order valence-electron chi connectivity index (χ1n) is 3.76. The Bertz CT molecular complexity index is 317. The summed E-state index contributed by atoms with van der Waals surface area (Å²) in [5.41, 5.74) is 18.3. The molecule has 0 fully saturated rings. The molecule has 3 nitrogen and oxygen atoms in total. The van der Waals surface area contributed by atoms with Crippen molar-refractivity contribution in [3.63, 3.8) is 0 Å². The van der Waals surface area contributed by atoms with E-state index in [1.54, 1.807) is 12.1 Å². The monoisotopic (exact) mass is 263 g/mol. The van der Waals surface area contributed by atoms with Crippen LogP contribution in [-0.2, 0) is 0 Å². The number of rotatable bonds is 2. The van der Waals surface area contributed by atoms with E-state index in [-0.39, 0.29) is 6.04 Å². The van der Waals surface area contributed by atoms with Crippen LogP contribution in [0.2, 0.25) is 5.02 Å². The van der Waals surface area contributed by atoms with Crippen molar-refractivity contribution in [2.45, 2.75) is 6.04 Å². The second-order valence-electron chi connectivity index (χ2n) is 2.74. The minimum atomic E-state index is -0.242. The van der Waals surface area contributed by atoms with Crippen molar-refractivity contribution < 1.29 is 0 Å². The van der Waals surface area contributed by atoms with E-state index in [1.165, 1.54) is 0 Å². The molecule has 1 atom stereocenters. The molecule has 1 aromatic rings. The molecule has 0 bridgehead atoms. The first kappa shape index (κ1) is 10.8. The highest BCUT2D eigenvalue weighted by Crippen LogP contribution is 2.30. The Kier molecular flexibility index (Phi) is 3.55. The van der Waals surface area contributed by atoms with Gasteiger partial charge in [-0.15, -0.1) is 0 Å². The average molecular weight is 265 g/mol. The number of anilines is 1. The average Bonchev–Trinajstić information content (AvgIpc) is 2.10. The van der Waals surface area contributed by atoms with Gasteiger partial charge in [0.2, 0.25) is 0 Å². The number of halogens is 2. The standard InChI is InChI=1S/C8H11BrClN3/c9-5-1-4(8(13)3-11)7(12)2-6(5)10/h1-2,8H,3,11-13H2. The minimum absolute atomic E-state index is 0.242. The summed E-state index contributed by atoms with van der Waals surface area (Å²) in [5.74, 6) is 0. The van der Waals surface area contributed by atoms with E-state index < -0.39 is 0 Å². The topological polar surface area (TPSA) is 78.1 Å². The summed E-state index contributed by atoms with van der Waals surface area (Å²) in [4.78, 5) is 0. The van der Waals surface area contributed by atoms with Crippen LogP contribution in [0, 0.1) is 0 Å². The van der Waals surface area contributed by atoms with Crippen molar-refractivity contribution in [1.82, 2.24) is 0 Å². The number of nitrogen functional groups attached to an aromatic ring is 1. The van der Waals surface area contributed by atoms with Crippen LogP contribution in [0.5, 0.6) is 0 Å². The SMILES string of the molecule is NCC(N)c1cc(Br)c(Cl)cc1N. The highest BCUT2D eigenvalue weighted by atomic mass is 79.9. The Balaban J connectivity index is 3.15. The first-order chi connectivity index (χ1) is 6.06. The third kappa shape index (κ3) is 2.34. The lowest BCUT2D eigenvalue weighted by molar-refractivity contribution is 0.739. The molecular formula is C8H11BrClN3. The molecule has 1 unspecified atom stereocenters. The van der Waals surface area contributed by atoms with Crippen molar-refractivity contribution in [3.05, 3.63) is 27.2 Å². The van der Waals surface area contributed by atoms with E-state index in [4.69, 9.17) is 28.8 Å². The molecule has 0 aliphatic rings. The third-order valence-electron chi connectivity index (χ3n) is 1.78. The highest BCUT2D eigenvalue weighted by Gasteiger charge is 2.10. The number of hydrogen-bond acceptors (Lipinski definition) is 3. The molecule has 5 heteroatoms. The van der Waals surface area contributed by atoms with E-state index in [0.29, 0.717) is 17.3 Å². The Labute approximate surface area is 90.4 Å². The van der Waals surface area contributed by atoms with Gasteiger partial charge in [0.1, 0.15) is 0 Å². The summed E-state index contributed by atoms with van der Waals surface area (Å²) >= 11 is 9.13. The predicted octanol–water partition coefficient (Wildman–Crippen LogP) is 1.64. The molecule has 6 N–H and O–H groups in total. The Morgan fingerprint density at radius 3 is 2.62 bits per heavy atom. The Morgan fingerprint density at radius 1 is 1.46 bits per heavy atom. The van der Waals surface area contributed by atoms with Crippen molar-refractivity contribution in [1.29, 1.82) is 0 Å². The van der Waals surface area contributed by atoms with Gasteiger partial charge in [0, 0.05) is 22.7 Å². The smallest absolute Gasteiger partial charge is 0.0568 e. The quantitative estimate of drug-likeness (QED) is 0.711. The number of hydrogen-bond donors (Lipinski definition) is 3. The fourth-order valence-corrected chi connectivity index (χ4v) is 1.56. The van der Waals surface area contributed by atoms with Crippen LogP contribution < -0.4 is 17.2 Å². The molecular weight excluding hydrogens is 253 g/mol. The van der Waals surface area contributed by atoms with E-state index in [1.807, 2.05) is 0 Å². The van der Waals surface area contributed by atoms with Crippen LogP contribution in [-0.4, -0.2) is 6.54 Å². The molecule has 13 heavy (non-hydrogen) atoms. The maximum Gasteiger partial charge on any atom is 0.0568 e. The largest absolute Gasteiger partial charge is 0.398 e. The zero-order valence-electron chi connectivity index (χ0n) is 6.93. The second kappa shape index (κ2) is 4.28. The van der Waals surface area contributed by atoms with Crippen molar-refractivity contribution in [3.8, 4) is 0 Å². The Morgan fingerprint density at radius 2 is 2.08 bits per heavy atom. The zero-order chi connectivity index (χ0) is 10.0. The van der Waals surface area contributed by atoms with Crippen LogP contribution >= 0.6 is 27.5 Å². The maximum atomic E-state index is 5.83. The highest BCUT2D eigenvalue weighted by molar-refractivity contribution is 9.10. The van der Waals surface area contributed by atoms with Gasteiger partial charge in [0.05, 0.1) is 5.02 Å². The second-order valence-corrected chi connectivity index (χ2v) is 4.00. The van der Waals surface area contributed by atoms with Crippen LogP contribution in [0.1, 0.15) is 11.6 Å². The van der Waals surface area contributed by atoms with Gasteiger partial charge in [-0.25, -0.2) is 0 Å². The fraction of sp³-hybridized carbons (Fsp3) is 0.250. The van der Waals surface area contributed by atoms with E-state index in [2.05, 4.69) is 15.9 Å². The van der Waals surface area contributed by atoms with Crippen LogP contribution in [0.25, 0.3) is 0 Å². The normalized spacial score (nSPS) is 12.9. The first-order valence-corrected chi connectivity index (χ1v) is 4.93. The molecule has 0 aliphatic carbocycles. The van der Waals surface area contributed by atoms with Crippen LogP contribution in [0.3, 0.4) is 0 Å². The van der Waals surface area contributed by atoms with E-state index in [0.717, 1.165) is 10.0 Å². The molecule has 0 aromatic heterocycles. The molecule has 1 aromatic carbocycles. The fourth-order valence-electron chi connectivity index (χ4n) is 1.03. The zero-order valence-corrected chi connectivity index (χ0v) is 9.27. The van der Waals surface area contributed by atoms with Crippen LogP contribution in [0.15, 0.2) is 16.6 Å². The van der Waals surface area contributed by atoms with Gasteiger partial charge in [-0.05, 0) is 33.6 Å². The lowest BCUT2D eigenvalue weighted by atomic mass is 10.1. The summed E-state index contributed by atoms with van der Waals surface area (Å²) in [7, 11) is 0. The molecule has 72 valence electrons. The summed E-state index contributed by atoms with van der Waals surface area (Å²) < 4.78 is 0.780. The summed E-state index contributed by atoms with van der Waals surface area (Å²) in [5, 5.41) is 0.575. The van der Waals surface area contributed by atoms with Gasteiger partial charge in [-0.3, -0.25) is 0 Å². The van der Waals surface area contributed by atoms with Gasteiger partial charge in [-0.2, -0.15) is 0 Å². The van der Waals surface area contributed by atoms with Gasteiger partial charge in [0.25, 0.3) is 0 Å². The summed E-state index contributed by atoms with van der Waals surface area (Å²) in [6.45, 7) is 0.359. The lowest BCUT2D eigenvalue weighted by Gasteiger charge is -2.13. The summed E-state index contributed by atoms with van der Waals surface area (Å²) in [6.07, 6.45) is 0. The molecule has 0 spiro atoms. The van der Waals surface area contributed by atoms with Gasteiger partial charge in [-0.1, -0.05) is 11.6 Å².